The third kappa shape index (κ3) is 2.78. The van der Waals surface area contributed by atoms with E-state index in [9.17, 15) is 14.9 Å². The van der Waals surface area contributed by atoms with Gasteiger partial charge in [0.15, 0.2) is 0 Å². The summed E-state index contributed by atoms with van der Waals surface area (Å²) in [7, 11) is 0. The Morgan fingerprint density at radius 1 is 1.53 bits per heavy atom. The van der Waals surface area contributed by atoms with Crippen molar-refractivity contribution in [1.82, 2.24) is 0 Å². The molecular weight excluding hydrogens is 222 g/mol. The first-order valence-corrected chi connectivity index (χ1v) is 4.88. The lowest BCUT2D eigenvalue weighted by molar-refractivity contribution is -0.385. The van der Waals surface area contributed by atoms with Crippen LogP contribution >= 0.6 is 0 Å². The van der Waals surface area contributed by atoms with Crippen molar-refractivity contribution in [3.05, 3.63) is 33.4 Å². The van der Waals surface area contributed by atoms with Crippen LogP contribution in [0, 0.1) is 35.3 Å². The van der Waals surface area contributed by atoms with Crippen LogP contribution in [0.15, 0.2) is 12.1 Å². The number of nitrogens with one attached hydrogen (secondary N) is 1. The van der Waals surface area contributed by atoms with Crippen LogP contribution in [0.5, 0.6) is 0 Å². The summed E-state index contributed by atoms with van der Waals surface area (Å²) in [5.41, 5.74) is 1.46. The van der Waals surface area contributed by atoms with Crippen LogP contribution in [-0.4, -0.2) is 10.8 Å². The highest BCUT2D eigenvalue weighted by Crippen LogP contribution is 2.28. The highest BCUT2D eigenvalue weighted by molar-refractivity contribution is 5.94. The summed E-state index contributed by atoms with van der Waals surface area (Å²) in [5.74, 6) is -0.473. The quantitative estimate of drug-likeness (QED) is 0.638. The van der Waals surface area contributed by atoms with Crippen molar-refractivity contribution in [2.24, 2.45) is 0 Å². The van der Waals surface area contributed by atoms with Crippen LogP contribution in [0.1, 0.15) is 17.5 Å². The predicted molar refractivity (Wildman–Crippen MR) is 61.4 cm³/mol. The van der Waals surface area contributed by atoms with Crippen molar-refractivity contribution < 1.29 is 9.72 Å². The Bertz CT molecular complexity index is 517. The maximum atomic E-state index is 11.3. The van der Waals surface area contributed by atoms with E-state index >= 15 is 0 Å². The van der Waals surface area contributed by atoms with Gasteiger partial charge >= 0.3 is 0 Å². The number of anilines is 1. The number of benzene rings is 1. The van der Waals surface area contributed by atoms with Gasteiger partial charge in [0.1, 0.15) is 6.42 Å². The van der Waals surface area contributed by atoms with Crippen LogP contribution < -0.4 is 5.32 Å². The molecule has 0 radical (unpaired) electrons. The molecule has 0 aromatic heterocycles. The van der Waals surface area contributed by atoms with Gasteiger partial charge in [0.05, 0.1) is 22.2 Å². The first-order valence-electron chi connectivity index (χ1n) is 4.88. The molecule has 0 aliphatic rings. The molecule has 0 aliphatic heterocycles. The van der Waals surface area contributed by atoms with Gasteiger partial charge in [-0.1, -0.05) is 6.07 Å². The number of aryl methyl sites for hydroxylation is 1. The highest BCUT2D eigenvalue weighted by atomic mass is 16.6. The minimum Gasteiger partial charge on any atom is -0.324 e. The molecule has 0 aliphatic carbocycles. The topological polar surface area (TPSA) is 96.0 Å². The molecule has 88 valence electrons. The lowest BCUT2D eigenvalue weighted by Gasteiger charge is -2.10. The second kappa shape index (κ2) is 5.07. The molecule has 1 amide bonds. The van der Waals surface area contributed by atoms with Gasteiger partial charge in [-0.05, 0) is 19.4 Å². The zero-order valence-corrected chi connectivity index (χ0v) is 9.48. The van der Waals surface area contributed by atoms with E-state index in [2.05, 4.69) is 5.32 Å². The molecule has 0 unspecified atom stereocenters. The number of hydrogen-bond donors (Lipinski definition) is 1. The first kappa shape index (κ1) is 12.6. The van der Waals surface area contributed by atoms with E-state index in [0.717, 1.165) is 5.56 Å². The molecule has 1 N–H and O–H groups in total. The van der Waals surface area contributed by atoms with Crippen molar-refractivity contribution in [3.8, 4) is 6.07 Å². The minimum absolute atomic E-state index is 0.0529. The molecule has 1 aromatic rings. The number of carbonyl (C=O) groups excluding carboxylic acids is 1. The Morgan fingerprint density at radius 3 is 2.71 bits per heavy atom. The fraction of sp³-hybridized carbons (Fsp3) is 0.273. The van der Waals surface area contributed by atoms with Crippen molar-refractivity contribution in [3.63, 3.8) is 0 Å². The Hall–Kier alpha value is -2.42. The van der Waals surface area contributed by atoms with Gasteiger partial charge in [0.2, 0.25) is 5.91 Å². The molecule has 0 spiro atoms. The molecule has 0 saturated carbocycles. The van der Waals surface area contributed by atoms with E-state index in [1.165, 1.54) is 6.07 Å². The third-order valence-electron chi connectivity index (χ3n) is 2.35. The second-order valence-corrected chi connectivity index (χ2v) is 3.54. The van der Waals surface area contributed by atoms with E-state index in [1.807, 2.05) is 0 Å². The average molecular weight is 233 g/mol. The number of rotatable bonds is 3. The summed E-state index contributed by atoms with van der Waals surface area (Å²) >= 11 is 0. The molecule has 6 heteroatoms. The van der Waals surface area contributed by atoms with E-state index < -0.39 is 10.8 Å². The van der Waals surface area contributed by atoms with Crippen LogP contribution in [0.4, 0.5) is 11.4 Å². The van der Waals surface area contributed by atoms with Crippen molar-refractivity contribution in [2.75, 3.05) is 5.32 Å². The van der Waals surface area contributed by atoms with Gasteiger partial charge in [0.25, 0.3) is 5.69 Å². The molecule has 0 bridgehead atoms. The number of nitro benzene ring substituents is 1. The van der Waals surface area contributed by atoms with Crippen LogP contribution in [-0.2, 0) is 4.79 Å². The van der Waals surface area contributed by atoms with Gasteiger partial charge in [-0.15, -0.1) is 0 Å². The lowest BCUT2D eigenvalue weighted by Crippen LogP contribution is -2.13. The Kier molecular flexibility index (Phi) is 3.78. The summed E-state index contributed by atoms with van der Waals surface area (Å²) < 4.78 is 0. The van der Waals surface area contributed by atoms with Crippen molar-refractivity contribution >= 4 is 17.3 Å². The molecule has 0 atom stereocenters. The molecule has 6 nitrogen and oxygen atoms in total. The number of hydrogen-bond acceptors (Lipinski definition) is 4. The van der Waals surface area contributed by atoms with Gasteiger partial charge < -0.3 is 5.32 Å². The standard InChI is InChI=1S/C11H11N3O3/c1-7-3-4-9(14(16)17)8(2)11(7)13-10(15)5-6-12/h3-4H,5H2,1-2H3,(H,13,15). The number of nitriles is 1. The van der Waals surface area contributed by atoms with E-state index in [0.29, 0.717) is 11.3 Å². The monoisotopic (exact) mass is 233 g/mol. The number of nitrogens with zero attached hydrogens (tertiary/aromatic N) is 2. The smallest absolute Gasteiger partial charge is 0.274 e. The summed E-state index contributed by atoms with van der Waals surface area (Å²) in [6.45, 7) is 3.30. The summed E-state index contributed by atoms with van der Waals surface area (Å²) in [6, 6.07) is 4.67. The van der Waals surface area contributed by atoms with Crippen LogP contribution in [0.25, 0.3) is 0 Å². The predicted octanol–water partition coefficient (Wildman–Crippen LogP) is 2.06. The maximum Gasteiger partial charge on any atom is 0.274 e. The van der Waals surface area contributed by atoms with Crippen LogP contribution in [0.3, 0.4) is 0 Å². The maximum absolute atomic E-state index is 11.3. The summed E-state index contributed by atoms with van der Waals surface area (Å²) in [4.78, 5) is 21.5. The Balaban J connectivity index is 3.15. The van der Waals surface area contributed by atoms with Crippen molar-refractivity contribution in [1.29, 1.82) is 5.26 Å². The first-order chi connectivity index (χ1) is 7.97. The number of carbonyl (C=O) groups is 1. The molecule has 1 rings (SSSR count). The SMILES string of the molecule is Cc1ccc([N+](=O)[O-])c(C)c1NC(=O)CC#N. The molecule has 0 fully saturated rings. The number of nitro groups is 1. The van der Waals surface area contributed by atoms with E-state index in [-0.39, 0.29) is 12.1 Å². The normalized spacial score (nSPS) is 9.47. The zero-order chi connectivity index (χ0) is 13.0. The summed E-state index contributed by atoms with van der Waals surface area (Å²) in [5, 5.41) is 21.6. The fourth-order valence-electron chi connectivity index (χ4n) is 1.48. The fourth-order valence-corrected chi connectivity index (χ4v) is 1.48. The Labute approximate surface area is 98.0 Å². The Morgan fingerprint density at radius 2 is 2.18 bits per heavy atom. The van der Waals surface area contributed by atoms with Gasteiger partial charge in [0, 0.05) is 6.07 Å². The summed E-state index contributed by atoms with van der Waals surface area (Å²) in [6.07, 6.45) is -0.276. The van der Waals surface area contributed by atoms with Gasteiger partial charge in [-0.25, -0.2) is 0 Å². The molecule has 17 heavy (non-hydrogen) atoms. The van der Waals surface area contributed by atoms with Crippen LogP contribution in [0.2, 0.25) is 0 Å². The minimum atomic E-state index is -0.505. The van der Waals surface area contributed by atoms with Gasteiger partial charge in [-0.3, -0.25) is 14.9 Å². The zero-order valence-electron chi connectivity index (χ0n) is 9.48. The third-order valence-corrected chi connectivity index (χ3v) is 2.35. The molecular formula is C11H11N3O3. The largest absolute Gasteiger partial charge is 0.324 e. The van der Waals surface area contributed by atoms with E-state index in [4.69, 9.17) is 5.26 Å². The number of amides is 1. The molecule has 0 heterocycles. The molecule has 1 aromatic carbocycles. The average Bonchev–Trinajstić information content (AvgIpc) is 2.24. The second-order valence-electron chi connectivity index (χ2n) is 3.54. The molecule has 0 saturated heterocycles. The highest BCUT2D eigenvalue weighted by Gasteiger charge is 2.16. The van der Waals surface area contributed by atoms with E-state index in [1.54, 1.807) is 26.0 Å². The van der Waals surface area contributed by atoms with Gasteiger partial charge in [-0.2, -0.15) is 5.26 Å². The lowest BCUT2D eigenvalue weighted by atomic mass is 10.1. The van der Waals surface area contributed by atoms with Crippen molar-refractivity contribution in [2.45, 2.75) is 20.3 Å².